The number of rotatable bonds is 8. The average Bonchev–Trinajstić information content (AvgIpc) is 3.14. The molecule has 6 rings (SSSR count). The highest BCUT2D eigenvalue weighted by Gasteiger charge is 2.78. The van der Waals surface area contributed by atoms with Crippen LogP contribution in [-0.4, -0.2) is 110 Å². The van der Waals surface area contributed by atoms with E-state index in [1.807, 2.05) is 0 Å². The van der Waals surface area contributed by atoms with E-state index in [1.165, 1.54) is 26.0 Å². The van der Waals surface area contributed by atoms with E-state index < -0.39 is 112 Å². The summed E-state index contributed by atoms with van der Waals surface area (Å²) < 4.78 is 29.5. The summed E-state index contributed by atoms with van der Waals surface area (Å²) >= 11 is 0. The largest absolute Gasteiger partial charge is 0.456 e. The zero-order valence-electron chi connectivity index (χ0n) is 33.9. The summed E-state index contributed by atoms with van der Waals surface area (Å²) in [7, 11) is 0. The van der Waals surface area contributed by atoms with Crippen LogP contribution < -0.4 is 5.32 Å². The Balaban J connectivity index is 1.49. The molecule has 0 spiro atoms. The van der Waals surface area contributed by atoms with E-state index in [4.69, 9.17) is 23.7 Å². The molecule has 5 N–H and O–H groups in total. The summed E-state index contributed by atoms with van der Waals surface area (Å²) in [5.41, 5.74) is -8.14. The molecule has 1 amide bonds. The molecule has 2 aromatic carbocycles. The second kappa shape index (κ2) is 15.2. The minimum absolute atomic E-state index is 0.0637. The molecule has 0 radical (unpaired) electrons. The molecule has 11 atom stereocenters. The quantitative estimate of drug-likeness (QED) is 0.147. The van der Waals surface area contributed by atoms with Crippen molar-refractivity contribution in [3.05, 3.63) is 82.9 Å². The van der Waals surface area contributed by atoms with Crippen molar-refractivity contribution in [3.63, 3.8) is 0 Å². The zero-order valence-corrected chi connectivity index (χ0v) is 33.9. The number of nitrogens with one attached hydrogen (secondary N) is 1. The van der Waals surface area contributed by atoms with Crippen LogP contribution in [-0.2, 0) is 38.1 Å². The Bertz CT molecular complexity index is 1980. The number of carbonyl (C=O) groups is 5. The van der Waals surface area contributed by atoms with Gasteiger partial charge in [0.1, 0.15) is 35.6 Å². The molecule has 1 saturated heterocycles. The molecule has 4 aliphatic rings. The van der Waals surface area contributed by atoms with Gasteiger partial charge in [-0.1, -0.05) is 62.4 Å². The fourth-order valence-corrected chi connectivity index (χ4v) is 9.56. The Hall–Kier alpha value is -4.67. The maximum atomic E-state index is 14.9. The number of Topliss-reactive ketones (excluding diaryl/α,β-unsaturated/α-hetero) is 1. The van der Waals surface area contributed by atoms with Crippen LogP contribution in [0, 0.1) is 16.7 Å². The predicted octanol–water partition coefficient (Wildman–Crippen LogP) is 3.26. The number of ether oxygens (including phenoxy) is 5. The molecule has 314 valence electrons. The summed E-state index contributed by atoms with van der Waals surface area (Å²) in [6, 6.07) is 14.6. The third-order valence-electron chi connectivity index (χ3n) is 12.6. The van der Waals surface area contributed by atoms with Crippen molar-refractivity contribution in [2.45, 2.75) is 128 Å². The molecule has 2 aromatic rings. The lowest BCUT2D eigenvalue weighted by Crippen LogP contribution is -2.81. The van der Waals surface area contributed by atoms with Gasteiger partial charge in [-0.05, 0) is 63.5 Å². The maximum absolute atomic E-state index is 14.9. The Labute approximate surface area is 336 Å². The van der Waals surface area contributed by atoms with Gasteiger partial charge in [0.2, 0.25) is 0 Å². The lowest BCUT2D eigenvalue weighted by atomic mass is 9.44. The lowest BCUT2D eigenvalue weighted by Gasteiger charge is -2.67. The van der Waals surface area contributed by atoms with Crippen molar-refractivity contribution in [2.75, 3.05) is 6.61 Å². The fourth-order valence-electron chi connectivity index (χ4n) is 9.56. The molecular formula is C43H53NO14. The van der Waals surface area contributed by atoms with Crippen LogP contribution in [0.5, 0.6) is 0 Å². The lowest BCUT2D eigenvalue weighted by molar-refractivity contribution is -0.346. The molecule has 2 bridgehead atoms. The second-order valence-corrected chi connectivity index (χ2v) is 17.6. The van der Waals surface area contributed by atoms with Crippen molar-refractivity contribution in [1.29, 1.82) is 0 Å². The number of carbonyl (C=O) groups excluding carboxylic acids is 5. The molecule has 3 fully saturated rings. The van der Waals surface area contributed by atoms with Gasteiger partial charge in [-0.2, -0.15) is 0 Å². The number of hydrogen-bond acceptors (Lipinski definition) is 14. The number of amides is 1. The van der Waals surface area contributed by atoms with Crippen molar-refractivity contribution < 1.29 is 68.1 Å². The highest BCUT2D eigenvalue weighted by Crippen LogP contribution is 2.64. The van der Waals surface area contributed by atoms with Crippen molar-refractivity contribution in [1.82, 2.24) is 5.32 Å². The van der Waals surface area contributed by atoms with Gasteiger partial charge in [-0.25, -0.2) is 14.4 Å². The van der Waals surface area contributed by atoms with Gasteiger partial charge in [0, 0.05) is 25.2 Å². The summed E-state index contributed by atoms with van der Waals surface area (Å²) in [5, 5.41) is 51.6. The van der Waals surface area contributed by atoms with Crippen LogP contribution in [0.1, 0.15) is 90.2 Å². The minimum atomic E-state index is -2.35. The van der Waals surface area contributed by atoms with Crippen LogP contribution in [0.2, 0.25) is 0 Å². The first-order valence-electron chi connectivity index (χ1n) is 19.3. The number of hydrogen-bond donors (Lipinski definition) is 5. The third-order valence-corrected chi connectivity index (χ3v) is 12.6. The van der Waals surface area contributed by atoms with Gasteiger partial charge in [0.05, 0.1) is 35.6 Å². The Morgan fingerprint density at radius 2 is 1.55 bits per heavy atom. The topological polar surface area (TPSA) is 224 Å². The van der Waals surface area contributed by atoms with Gasteiger partial charge < -0.3 is 49.4 Å². The van der Waals surface area contributed by atoms with E-state index >= 15 is 0 Å². The molecule has 0 aromatic heterocycles. The number of aliphatic hydroxyl groups is 4. The van der Waals surface area contributed by atoms with E-state index in [9.17, 15) is 44.4 Å². The smallest absolute Gasteiger partial charge is 0.408 e. The van der Waals surface area contributed by atoms with Crippen LogP contribution in [0.25, 0.3) is 0 Å². The van der Waals surface area contributed by atoms with E-state index in [1.54, 1.807) is 83.1 Å². The van der Waals surface area contributed by atoms with Gasteiger partial charge in [-0.3, -0.25) is 9.59 Å². The highest BCUT2D eigenvalue weighted by molar-refractivity contribution is 5.94. The number of ketones is 1. The number of aliphatic hydroxyl groups excluding tert-OH is 3. The molecule has 3 aliphatic carbocycles. The first kappa shape index (κ1) is 42.9. The molecule has 1 aliphatic heterocycles. The second-order valence-electron chi connectivity index (χ2n) is 17.6. The van der Waals surface area contributed by atoms with E-state index in [-0.39, 0.29) is 29.7 Å². The SMILES string of the molecule is CC(=O)O[C@@]12CO[C@@H]1C[C@H](O)[C@@]1(C)C(=O)[C@H](O)C3=C(C)[C@@H](OC(=O)[C@H](O)C(NC(=O)OC(C)(C)C)c4ccccc4)C[C@@](O)(C(OC(=O)c4ccccc4)C12)C3(C)C. The van der Waals surface area contributed by atoms with Crippen molar-refractivity contribution in [2.24, 2.45) is 16.7 Å². The zero-order chi connectivity index (χ0) is 42.7. The van der Waals surface area contributed by atoms with Crippen LogP contribution in [0.4, 0.5) is 4.79 Å². The standard InChI is InChI=1S/C43H53NO14/c1-22-26(55-37(51)32(48)30(24-15-11-9-12-16-24)44-38(52)58-39(3,4)5)20-43(53)35(56-36(50)25-17-13-10-14-18-25)33-41(8,34(49)31(47)29(22)40(43,6)7)27(46)19-28-42(33,21-54-28)57-23(2)45/h9-18,26-28,30-33,35,46-48,53H,19-21H2,1-8H3,(H,44,52)/t26-,27-,28+,30?,31+,32+,33?,35?,41+,42-,43+/m0/s1. The normalized spacial score (nSPS) is 33.7. The molecule has 2 saturated carbocycles. The molecule has 3 unspecified atom stereocenters. The number of benzene rings is 2. The molecule has 58 heavy (non-hydrogen) atoms. The summed E-state index contributed by atoms with van der Waals surface area (Å²) in [6.45, 7) is 11.8. The van der Waals surface area contributed by atoms with E-state index in [0.29, 0.717) is 5.56 Å². The van der Waals surface area contributed by atoms with Crippen LogP contribution >= 0.6 is 0 Å². The summed E-state index contributed by atoms with van der Waals surface area (Å²) in [6.07, 6.45) is -11.5. The fraction of sp³-hybridized carbons (Fsp3) is 0.558. The monoisotopic (exact) mass is 807 g/mol. The third kappa shape index (κ3) is 7.10. The van der Waals surface area contributed by atoms with Crippen LogP contribution in [0.15, 0.2) is 71.8 Å². The van der Waals surface area contributed by atoms with Crippen molar-refractivity contribution in [3.8, 4) is 0 Å². The Kier molecular flexibility index (Phi) is 11.2. The van der Waals surface area contributed by atoms with Crippen molar-refractivity contribution >= 4 is 29.8 Å². The Morgan fingerprint density at radius 1 is 0.948 bits per heavy atom. The van der Waals surface area contributed by atoms with Gasteiger partial charge >= 0.3 is 24.0 Å². The van der Waals surface area contributed by atoms with E-state index in [2.05, 4.69) is 5.32 Å². The first-order valence-corrected chi connectivity index (χ1v) is 19.3. The molecule has 15 nitrogen and oxygen atoms in total. The molecule has 15 heteroatoms. The van der Waals surface area contributed by atoms with E-state index in [0.717, 1.165) is 6.92 Å². The molecular weight excluding hydrogens is 754 g/mol. The summed E-state index contributed by atoms with van der Waals surface area (Å²) in [4.78, 5) is 68.9. The number of esters is 3. The first-order chi connectivity index (χ1) is 27.0. The molecule has 1 heterocycles. The summed E-state index contributed by atoms with van der Waals surface area (Å²) in [5.74, 6) is -5.36. The number of alkyl carbamates (subject to hydrolysis) is 1. The minimum Gasteiger partial charge on any atom is -0.456 e. The van der Waals surface area contributed by atoms with Crippen LogP contribution in [0.3, 0.4) is 0 Å². The Morgan fingerprint density at radius 3 is 2.10 bits per heavy atom. The van der Waals surface area contributed by atoms with Gasteiger partial charge in [-0.15, -0.1) is 0 Å². The highest BCUT2D eigenvalue weighted by atomic mass is 16.6. The van der Waals surface area contributed by atoms with Gasteiger partial charge in [0.15, 0.2) is 17.5 Å². The predicted molar refractivity (Wildman–Crippen MR) is 204 cm³/mol. The number of fused-ring (bicyclic) bond motifs is 5. The van der Waals surface area contributed by atoms with Gasteiger partial charge in [0.25, 0.3) is 0 Å². The maximum Gasteiger partial charge on any atom is 0.408 e. The average molecular weight is 808 g/mol.